The molecular formula is C21H29N3O4. The Bertz CT molecular complexity index is 849. The number of nitrogens with one attached hydrogen (secondary N) is 1. The van der Waals surface area contributed by atoms with Crippen LogP contribution in [-0.2, 0) is 9.47 Å². The molecule has 0 aliphatic carbocycles. The van der Waals surface area contributed by atoms with Crippen molar-refractivity contribution in [2.75, 3.05) is 19.5 Å². The molecular weight excluding hydrogens is 358 g/mol. The molecule has 0 aliphatic rings. The second-order valence-corrected chi connectivity index (χ2v) is 8.55. The fourth-order valence-corrected chi connectivity index (χ4v) is 3.52. The zero-order valence-electron chi connectivity index (χ0n) is 17.6. The Hall–Kier alpha value is -2.83. The molecule has 7 nitrogen and oxygen atoms in total. The maximum atomic E-state index is 12.6. The van der Waals surface area contributed by atoms with Crippen LogP contribution in [0.15, 0.2) is 30.3 Å². The van der Waals surface area contributed by atoms with Crippen molar-refractivity contribution in [2.24, 2.45) is 5.41 Å². The molecule has 0 atom stereocenters. The van der Waals surface area contributed by atoms with Gasteiger partial charge in [-0.3, -0.25) is 0 Å². The Morgan fingerprint density at radius 2 is 1.57 bits per heavy atom. The van der Waals surface area contributed by atoms with Gasteiger partial charge in [0.25, 0.3) is 0 Å². The summed E-state index contributed by atoms with van der Waals surface area (Å²) in [5.41, 5.74) is 0.329. The number of carbonyl (C=O) groups excluding carboxylic acids is 2. The molecule has 0 saturated heterocycles. The van der Waals surface area contributed by atoms with Crippen LogP contribution in [0.4, 0.5) is 5.82 Å². The number of hydrogen-bond donors (Lipinski definition) is 1. The van der Waals surface area contributed by atoms with E-state index in [2.05, 4.69) is 31.2 Å². The van der Waals surface area contributed by atoms with Gasteiger partial charge >= 0.3 is 11.9 Å². The SMILES string of the molecule is COC(=O)c1nn(-c2ccccc2)c(NC(C)(C)CC(C)(C)C)c1C(=O)OC. The van der Waals surface area contributed by atoms with Gasteiger partial charge < -0.3 is 14.8 Å². The van der Waals surface area contributed by atoms with Crippen molar-refractivity contribution < 1.29 is 19.1 Å². The molecule has 1 heterocycles. The summed E-state index contributed by atoms with van der Waals surface area (Å²) in [6, 6.07) is 9.29. The first-order valence-electron chi connectivity index (χ1n) is 9.12. The van der Waals surface area contributed by atoms with E-state index in [-0.39, 0.29) is 22.2 Å². The third kappa shape index (κ3) is 4.91. The van der Waals surface area contributed by atoms with Crippen molar-refractivity contribution in [3.05, 3.63) is 41.6 Å². The Morgan fingerprint density at radius 3 is 2.07 bits per heavy atom. The Kier molecular flexibility index (Phi) is 6.17. The van der Waals surface area contributed by atoms with Gasteiger partial charge in [0.05, 0.1) is 19.9 Å². The van der Waals surface area contributed by atoms with Crippen LogP contribution in [0.1, 0.15) is 61.9 Å². The van der Waals surface area contributed by atoms with Crippen LogP contribution in [0.2, 0.25) is 0 Å². The summed E-state index contributed by atoms with van der Waals surface area (Å²) in [5.74, 6) is -0.962. The first-order chi connectivity index (χ1) is 13.0. The molecule has 0 amide bonds. The average Bonchev–Trinajstić information content (AvgIpc) is 2.97. The molecule has 0 saturated carbocycles. The van der Waals surface area contributed by atoms with E-state index in [1.54, 1.807) is 4.68 Å². The largest absolute Gasteiger partial charge is 0.465 e. The van der Waals surface area contributed by atoms with Crippen LogP contribution in [0, 0.1) is 5.41 Å². The minimum absolute atomic E-state index is 0.0463. The number of aromatic nitrogens is 2. The summed E-state index contributed by atoms with van der Waals surface area (Å²) >= 11 is 0. The molecule has 0 aliphatic heterocycles. The zero-order valence-corrected chi connectivity index (χ0v) is 17.6. The van der Waals surface area contributed by atoms with Crippen LogP contribution >= 0.6 is 0 Å². The van der Waals surface area contributed by atoms with E-state index in [4.69, 9.17) is 9.47 Å². The van der Waals surface area contributed by atoms with Gasteiger partial charge in [0.2, 0.25) is 0 Å². The lowest BCUT2D eigenvalue weighted by Crippen LogP contribution is -2.36. The van der Waals surface area contributed by atoms with E-state index in [0.29, 0.717) is 11.5 Å². The molecule has 2 aromatic rings. The van der Waals surface area contributed by atoms with Crippen molar-refractivity contribution in [2.45, 2.75) is 46.6 Å². The number of ether oxygens (including phenoxy) is 2. The van der Waals surface area contributed by atoms with Gasteiger partial charge in [0.15, 0.2) is 5.69 Å². The van der Waals surface area contributed by atoms with Gasteiger partial charge in [0.1, 0.15) is 11.4 Å². The molecule has 1 aromatic heterocycles. The summed E-state index contributed by atoms with van der Waals surface area (Å²) in [7, 11) is 2.52. The first-order valence-corrected chi connectivity index (χ1v) is 9.12. The highest BCUT2D eigenvalue weighted by atomic mass is 16.5. The standard InChI is InChI=1S/C21H29N3O4/c1-20(2,3)13-21(4,5)22-17-15(18(25)27-6)16(19(26)28-7)23-24(17)14-11-9-8-10-12-14/h8-12,22H,13H2,1-7H3. The van der Waals surface area contributed by atoms with E-state index >= 15 is 0 Å². The lowest BCUT2D eigenvalue weighted by atomic mass is 9.82. The van der Waals surface area contributed by atoms with Crippen LogP contribution in [0.25, 0.3) is 5.69 Å². The van der Waals surface area contributed by atoms with Gasteiger partial charge in [-0.05, 0) is 37.8 Å². The summed E-state index contributed by atoms with van der Waals surface area (Å²) in [6.07, 6.45) is 0.814. The number of hydrogen-bond acceptors (Lipinski definition) is 6. The monoisotopic (exact) mass is 387 g/mol. The van der Waals surface area contributed by atoms with Crippen LogP contribution < -0.4 is 5.32 Å². The molecule has 0 spiro atoms. The summed E-state index contributed by atoms with van der Waals surface area (Å²) < 4.78 is 11.3. The normalized spacial score (nSPS) is 11.8. The zero-order chi connectivity index (χ0) is 21.1. The van der Waals surface area contributed by atoms with Gasteiger partial charge in [-0.1, -0.05) is 39.0 Å². The van der Waals surface area contributed by atoms with Crippen molar-refractivity contribution in [1.82, 2.24) is 9.78 Å². The molecule has 0 radical (unpaired) electrons. The molecule has 152 valence electrons. The number of nitrogens with zero attached hydrogens (tertiary/aromatic N) is 2. The smallest absolute Gasteiger partial charge is 0.359 e. The van der Waals surface area contributed by atoms with Gasteiger partial charge in [-0.25, -0.2) is 14.3 Å². The molecule has 0 bridgehead atoms. The van der Waals surface area contributed by atoms with Gasteiger partial charge in [-0.15, -0.1) is 0 Å². The summed E-state index contributed by atoms with van der Waals surface area (Å²) in [6.45, 7) is 10.5. The fraction of sp³-hybridized carbons (Fsp3) is 0.476. The van der Waals surface area contributed by atoms with Crippen LogP contribution in [0.5, 0.6) is 0 Å². The predicted octanol–water partition coefficient (Wildman–Crippen LogP) is 4.07. The molecule has 28 heavy (non-hydrogen) atoms. The van der Waals surface area contributed by atoms with E-state index in [0.717, 1.165) is 6.42 Å². The van der Waals surface area contributed by atoms with Crippen LogP contribution in [-0.4, -0.2) is 41.5 Å². The molecule has 0 fully saturated rings. The predicted molar refractivity (Wildman–Crippen MR) is 108 cm³/mol. The van der Waals surface area contributed by atoms with Gasteiger partial charge in [-0.2, -0.15) is 5.10 Å². The number of benzene rings is 1. The number of anilines is 1. The van der Waals surface area contributed by atoms with Crippen LogP contribution in [0.3, 0.4) is 0 Å². The lowest BCUT2D eigenvalue weighted by Gasteiger charge is -2.34. The second kappa shape index (κ2) is 8.04. The maximum Gasteiger partial charge on any atom is 0.359 e. The number of rotatable bonds is 6. The van der Waals surface area contributed by atoms with Crippen molar-refractivity contribution >= 4 is 17.8 Å². The van der Waals surface area contributed by atoms with E-state index in [1.165, 1.54) is 14.2 Å². The molecule has 2 rings (SSSR count). The molecule has 1 N–H and O–H groups in total. The second-order valence-electron chi connectivity index (χ2n) is 8.55. The highest BCUT2D eigenvalue weighted by molar-refractivity contribution is 6.05. The molecule has 7 heteroatoms. The number of methoxy groups -OCH3 is 2. The van der Waals surface area contributed by atoms with Crippen molar-refractivity contribution in [1.29, 1.82) is 0 Å². The number of para-hydroxylation sites is 1. The lowest BCUT2D eigenvalue weighted by molar-refractivity contribution is 0.0552. The van der Waals surface area contributed by atoms with Crippen molar-refractivity contribution in [3.8, 4) is 5.69 Å². The number of carbonyl (C=O) groups is 2. The van der Waals surface area contributed by atoms with Gasteiger partial charge in [0, 0.05) is 5.54 Å². The van der Waals surface area contributed by atoms with E-state index in [9.17, 15) is 9.59 Å². The minimum atomic E-state index is -0.702. The minimum Gasteiger partial charge on any atom is -0.465 e. The molecule has 0 unspecified atom stereocenters. The summed E-state index contributed by atoms with van der Waals surface area (Å²) in [5, 5.41) is 7.80. The third-order valence-electron chi connectivity index (χ3n) is 4.08. The Morgan fingerprint density at radius 1 is 1.00 bits per heavy atom. The fourth-order valence-electron chi connectivity index (χ4n) is 3.52. The summed E-state index contributed by atoms with van der Waals surface area (Å²) in [4.78, 5) is 24.9. The highest BCUT2D eigenvalue weighted by Gasteiger charge is 2.34. The topological polar surface area (TPSA) is 82.5 Å². The maximum absolute atomic E-state index is 12.6. The highest BCUT2D eigenvalue weighted by Crippen LogP contribution is 2.33. The average molecular weight is 387 g/mol. The molecule has 1 aromatic carbocycles. The number of esters is 2. The first kappa shape index (κ1) is 21.5. The van der Waals surface area contributed by atoms with E-state index in [1.807, 2.05) is 44.2 Å². The quantitative estimate of drug-likeness (QED) is 0.752. The van der Waals surface area contributed by atoms with Crippen molar-refractivity contribution in [3.63, 3.8) is 0 Å². The Labute approximate surface area is 166 Å². The van der Waals surface area contributed by atoms with E-state index < -0.39 is 11.9 Å². The Balaban J connectivity index is 2.70. The third-order valence-corrected chi connectivity index (χ3v) is 4.08.